The summed E-state index contributed by atoms with van der Waals surface area (Å²) in [7, 11) is 0. The summed E-state index contributed by atoms with van der Waals surface area (Å²) < 4.78 is 40.6. The zero-order valence-electron chi connectivity index (χ0n) is 15.1. The first-order valence-corrected chi connectivity index (χ1v) is 8.71. The number of alkyl halides is 3. The Bertz CT molecular complexity index is 699. The SMILES string of the molecule is CCN(C(=O)CCC(=O)OCCC(F)(F)F)C(C=Nc1cccnc1)C(=N)Cl. The highest BCUT2D eigenvalue weighted by molar-refractivity contribution is 6.67. The maximum absolute atomic E-state index is 12.4. The molecule has 0 aliphatic heterocycles. The lowest BCUT2D eigenvalue weighted by molar-refractivity contribution is -0.159. The number of esters is 1. The number of nitrogens with one attached hydrogen (secondary N) is 1. The molecule has 154 valence electrons. The van der Waals surface area contributed by atoms with Gasteiger partial charge in [-0.05, 0) is 19.1 Å². The highest BCUT2D eigenvalue weighted by Gasteiger charge is 2.28. The fourth-order valence-electron chi connectivity index (χ4n) is 2.10. The van der Waals surface area contributed by atoms with E-state index in [2.05, 4.69) is 14.7 Å². The van der Waals surface area contributed by atoms with E-state index in [0.29, 0.717) is 5.69 Å². The molecular formula is C17H20ClF3N4O3. The number of nitrogens with zero attached hydrogens (tertiary/aromatic N) is 3. The lowest BCUT2D eigenvalue weighted by Crippen LogP contribution is -2.44. The molecule has 1 aromatic heterocycles. The number of pyridine rings is 1. The number of hydrogen-bond donors (Lipinski definition) is 1. The van der Waals surface area contributed by atoms with Gasteiger partial charge in [-0.3, -0.25) is 25.0 Å². The van der Waals surface area contributed by atoms with Gasteiger partial charge in [-0.15, -0.1) is 0 Å². The van der Waals surface area contributed by atoms with Crippen LogP contribution in [-0.4, -0.2) is 58.5 Å². The molecule has 0 aliphatic carbocycles. The molecule has 28 heavy (non-hydrogen) atoms. The van der Waals surface area contributed by atoms with E-state index in [0.717, 1.165) is 0 Å². The van der Waals surface area contributed by atoms with Crippen molar-refractivity contribution < 1.29 is 27.5 Å². The Morgan fingerprint density at radius 1 is 1.43 bits per heavy atom. The van der Waals surface area contributed by atoms with Crippen LogP contribution in [0.15, 0.2) is 29.5 Å². The van der Waals surface area contributed by atoms with Crippen LogP contribution in [0.5, 0.6) is 0 Å². The first-order chi connectivity index (χ1) is 13.1. The van der Waals surface area contributed by atoms with Crippen molar-refractivity contribution in [2.45, 2.75) is 38.4 Å². The van der Waals surface area contributed by atoms with E-state index in [4.69, 9.17) is 17.0 Å². The standard InChI is InChI=1S/C17H20ClF3N4O3/c1-2-25(13(16(18)22)11-24-12-4-3-8-23-10-12)14(26)5-6-15(27)28-9-7-17(19,20)21/h3-4,8,10-11,13,22H,2,5-7,9H2,1H3. The molecule has 1 N–H and O–H groups in total. The number of amides is 1. The summed E-state index contributed by atoms with van der Waals surface area (Å²) in [5.41, 5.74) is 0.502. The van der Waals surface area contributed by atoms with Gasteiger partial charge < -0.3 is 9.64 Å². The number of hydrogen-bond acceptors (Lipinski definition) is 6. The summed E-state index contributed by atoms with van der Waals surface area (Å²) >= 11 is 5.79. The first-order valence-electron chi connectivity index (χ1n) is 8.34. The van der Waals surface area contributed by atoms with Crippen LogP contribution in [0.25, 0.3) is 0 Å². The predicted octanol–water partition coefficient (Wildman–Crippen LogP) is 3.49. The summed E-state index contributed by atoms with van der Waals surface area (Å²) in [6.45, 7) is 1.05. The molecule has 7 nitrogen and oxygen atoms in total. The number of ether oxygens (including phenoxy) is 1. The van der Waals surface area contributed by atoms with Crippen molar-refractivity contribution in [1.29, 1.82) is 5.41 Å². The van der Waals surface area contributed by atoms with Gasteiger partial charge in [0.15, 0.2) is 0 Å². The van der Waals surface area contributed by atoms with Crippen molar-refractivity contribution in [2.24, 2.45) is 4.99 Å². The van der Waals surface area contributed by atoms with Crippen LogP contribution in [0.4, 0.5) is 18.9 Å². The molecule has 0 radical (unpaired) electrons. The fourth-order valence-corrected chi connectivity index (χ4v) is 2.28. The molecule has 0 saturated carbocycles. The molecule has 11 heteroatoms. The van der Waals surface area contributed by atoms with E-state index >= 15 is 0 Å². The van der Waals surface area contributed by atoms with E-state index in [9.17, 15) is 22.8 Å². The summed E-state index contributed by atoms with van der Waals surface area (Å²) in [6.07, 6.45) is -1.97. The van der Waals surface area contributed by atoms with E-state index in [1.807, 2.05) is 0 Å². The van der Waals surface area contributed by atoms with Crippen LogP contribution in [-0.2, 0) is 14.3 Å². The van der Waals surface area contributed by atoms with Crippen LogP contribution < -0.4 is 0 Å². The maximum Gasteiger partial charge on any atom is 0.392 e. The Hall–Kier alpha value is -2.49. The predicted molar refractivity (Wildman–Crippen MR) is 98.0 cm³/mol. The Morgan fingerprint density at radius 3 is 2.68 bits per heavy atom. The average molecular weight is 421 g/mol. The van der Waals surface area contributed by atoms with Gasteiger partial charge in [0.2, 0.25) is 5.91 Å². The van der Waals surface area contributed by atoms with Crippen molar-refractivity contribution in [1.82, 2.24) is 9.88 Å². The minimum absolute atomic E-state index is 0.181. The zero-order valence-corrected chi connectivity index (χ0v) is 15.8. The molecule has 0 spiro atoms. The summed E-state index contributed by atoms with van der Waals surface area (Å²) in [5.74, 6) is -1.42. The fraction of sp³-hybridized carbons (Fsp3) is 0.471. The van der Waals surface area contributed by atoms with E-state index in [-0.39, 0.29) is 24.6 Å². The van der Waals surface area contributed by atoms with Crippen molar-refractivity contribution in [3.63, 3.8) is 0 Å². The van der Waals surface area contributed by atoms with Crippen LogP contribution >= 0.6 is 11.6 Å². The highest BCUT2D eigenvalue weighted by atomic mass is 35.5. The maximum atomic E-state index is 12.4. The summed E-state index contributed by atoms with van der Waals surface area (Å²) in [5, 5.41) is 7.33. The van der Waals surface area contributed by atoms with E-state index in [1.54, 1.807) is 25.3 Å². The highest BCUT2D eigenvalue weighted by Crippen LogP contribution is 2.19. The Balaban J connectivity index is 2.64. The van der Waals surface area contributed by atoms with Gasteiger partial charge in [0.05, 0.1) is 31.3 Å². The number of carbonyl (C=O) groups excluding carboxylic acids is 2. The summed E-state index contributed by atoms with van der Waals surface area (Å²) in [6, 6.07) is 2.40. The van der Waals surface area contributed by atoms with Gasteiger partial charge in [0.25, 0.3) is 0 Å². The smallest absolute Gasteiger partial charge is 0.392 e. The topological polar surface area (TPSA) is 95.7 Å². The van der Waals surface area contributed by atoms with Crippen molar-refractivity contribution in [3.8, 4) is 0 Å². The second-order valence-electron chi connectivity index (χ2n) is 5.55. The molecular weight excluding hydrogens is 401 g/mol. The molecule has 1 heterocycles. The third kappa shape index (κ3) is 8.94. The number of aliphatic imine (C=N–C) groups is 1. The van der Waals surface area contributed by atoms with Gasteiger partial charge in [0, 0.05) is 25.4 Å². The molecule has 1 aromatic rings. The molecule has 1 rings (SSSR count). The Labute approximate surface area is 165 Å². The minimum Gasteiger partial charge on any atom is -0.465 e. The summed E-state index contributed by atoms with van der Waals surface area (Å²) in [4.78, 5) is 33.1. The number of rotatable bonds is 10. The van der Waals surface area contributed by atoms with Gasteiger partial charge in [0.1, 0.15) is 11.2 Å². The van der Waals surface area contributed by atoms with Crippen molar-refractivity contribution in [3.05, 3.63) is 24.5 Å². The largest absolute Gasteiger partial charge is 0.465 e. The first kappa shape index (κ1) is 23.5. The van der Waals surface area contributed by atoms with Gasteiger partial charge in [-0.1, -0.05) is 11.6 Å². The van der Waals surface area contributed by atoms with Crippen molar-refractivity contribution in [2.75, 3.05) is 13.2 Å². The monoisotopic (exact) mass is 420 g/mol. The molecule has 0 aromatic carbocycles. The van der Waals surface area contributed by atoms with Gasteiger partial charge >= 0.3 is 12.1 Å². The van der Waals surface area contributed by atoms with Crippen LogP contribution in [0.3, 0.4) is 0 Å². The van der Waals surface area contributed by atoms with Crippen LogP contribution in [0.1, 0.15) is 26.2 Å². The second-order valence-corrected chi connectivity index (χ2v) is 5.95. The Kier molecular flexibility index (Phi) is 9.57. The molecule has 0 bridgehead atoms. The minimum atomic E-state index is -4.42. The van der Waals surface area contributed by atoms with Crippen LogP contribution in [0.2, 0.25) is 0 Å². The molecule has 0 aliphatic rings. The average Bonchev–Trinajstić information content (AvgIpc) is 2.62. The Morgan fingerprint density at radius 2 is 2.14 bits per heavy atom. The van der Waals surface area contributed by atoms with Gasteiger partial charge in [-0.2, -0.15) is 13.2 Å². The normalized spacial score (nSPS) is 12.6. The van der Waals surface area contributed by atoms with E-state index < -0.39 is 37.1 Å². The molecule has 0 fully saturated rings. The number of halogens is 4. The third-order valence-corrected chi connectivity index (χ3v) is 3.68. The lowest BCUT2D eigenvalue weighted by Gasteiger charge is -2.26. The number of aromatic nitrogens is 1. The second kappa shape index (κ2) is 11.4. The molecule has 1 amide bonds. The number of carbonyl (C=O) groups is 2. The lowest BCUT2D eigenvalue weighted by atomic mass is 10.2. The molecule has 0 saturated heterocycles. The quantitative estimate of drug-likeness (QED) is 0.463. The van der Waals surface area contributed by atoms with Crippen LogP contribution in [0, 0.1) is 5.41 Å². The third-order valence-electron chi connectivity index (χ3n) is 3.46. The molecule has 1 unspecified atom stereocenters. The molecule has 1 atom stereocenters. The van der Waals surface area contributed by atoms with Gasteiger partial charge in [-0.25, -0.2) is 0 Å². The van der Waals surface area contributed by atoms with Crippen molar-refractivity contribution >= 4 is 40.6 Å². The van der Waals surface area contributed by atoms with E-state index in [1.165, 1.54) is 17.3 Å². The zero-order chi connectivity index (χ0) is 21.2.